The van der Waals surface area contributed by atoms with Crippen LogP contribution in [0.15, 0.2) is 24.3 Å². The number of H-pyrrole nitrogens is 1. The van der Waals surface area contributed by atoms with Crippen molar-refractivity contribution in [1.29, 1.82) is 0 Å². The molecule has 0 saturated carbocycles. The molecule has 0 aliphatic carbocycles. The molecule has 4 nitrogen and oxygen atoms in total. The molecule has 16 heavy (non-hydrogen) atoms. The highest BCUT2D eigenvalue weighted by molar-refractivity contribution is 6.02. The van der Waals surface area contributed by atoms with Gasteiger partial charge in [0, 0.05) is 17.0 Å². The lowest BCUT2D eigenvalue weighted by Crippen LogP contribution is -2.26. The first-order valence-electron chi connectivity index (χ1n) is 5.08. The normalized spacial score (nSPS) is 12.7. The van der Waals surface area contributed by atoms with E-state index in [1.54, 1.807) is 20.1 Å². The second-order valence-electron chi connectivity index (χ2n) is 3.79. The quantitative estimate of drug-likeness (QED) is 0.770. The summed E-state index contributed by atoms with van der Waals surface area (Å²) in [4.78, 5) is 14.7. The number of aromatic nitrogens is 1. The Hall–Kier alpha value is -1.81. The van der Waals surface area contributed by atoms with Crippen molar-refractivity contribution in [3.8, 4) is 5.75 Å². The summed E-state index contributed by atoms with van der Waals surface area (Å²) in [6.45, 7) is 1.68. The predicted octanol–water partition coefficient (Wildman–Crippen LogP) is 1.71. The van der Waals surface area contributed by atoms with Gasteiger partial charge in [0.2, 0.25) is 0 Å². The molecule has 1 unspecified atom stereocenters. The molecule has 2 rings (SSSR count). The van der Waals surface area contributed by atoms with E-state index in [2.05, 4.69) is 4.98 Å². The van der Waals surface area contributed by atoms with Gasteiger partial charge in [-0.3, -0.25) is 4.79 Å². The van der Waals surface area contributed by atoms with Crippen LogP contribution < -0.4 is 10.5 Å². The number of carbonyl (C=O) groups excluding carboxylic acids is 1. The van der Waals surface area contributed by atoms with E-state index in [4.69, 9.17) is 10.5 Å². The number of benzene rings is 1. The molecule has 0 saturated heterocycles. The first-order chi connectivity index (χ1) is 7.61. The number of aromatic amines is 1. The fraction of sp³-hybridized carbons (Fsp3) is 0.250. The first kappa shape index (κ1) is 10.7. The zero-order chi connectivity index (χ0) is 11.7. The summed E-state index contributed by atoms with van der Waals surface area (Å²) in [6, 6.07) is 6.93. The Morgan fingerprint density at radius 3 is 2.81 bits per heavy atom. The van der Waals surface area contributed by atoms with E-state index in [9.17, 15) is 4.79 Å². The minimum Gasteiger partial charge on any atom is -0.497 e. The lowest BCUT2D eigenvalue weighted by atomic mass is 10.1. The molecular formula is C12H14N2O2. The van der Waals surface area contributed by atoms with Crippen LogP contribution >= 0.6 is 0 Å². The van der Waals surface area contributed by atoms with Crippen molar-refractivity contribution in [3.63, 3.8) is 0 Å². The van der Waals surface area contributed by atoms with Gasteiger partial charge in [-0.15, -0.1) is 0 Å². The summed E-state index contributed by atoms with van der Waals surface area (Å²) in [5.74, 6) is 0.671. The van der Waals surface area contributed by atoms with E-state index in [-0.39, 0.29) is 5.78 Å². The van der Waals surface area contributed by atoms with E-state index in [0.29, 0.717) is 5.69 Å². The van der Waals surface area contributed by atoms with E-state index in [1.807, 2.05) is 18.2 Å². The van der Waals surface area contributed by atoms with Crippen molar-refractivity contribution < 1.29 is 9.53 Å². The highest BCUT2D eigenvalue weighted by Gasteiger charge is 2.13. The smallest absolute Gasteiger partial charge is 0.195 e. The molecular weight excluding hydrogens is 204 g/mol. The molecule has 0 bridgehead atoms. The molecule has 1 atom stereocenters. The van der Waals surface area contributed by atoms with E-state index < -0.39 is 6.04 Å². The molecule has 0 amide bonds. The van der Waals surface area contributed by atoms with Crippen LogP contribution in [0.25, 0.3) is 10.9 Å². The van der Waals surface area contributed by atoms with Crippen LogP contribution in [-0.4, -0.2) is 23.9 Å². The number of Topliss-reactive ketones (excluding diaryl/α,β-unsaturated/α-hetero) is 1. The topological polar surface area (TPSA) is 68.1 Å². The highest BCUT2D eigenvalue weighted by Crippen LogP contribution is 2.21. The maximum absolute atomic E-state index is 11.7. The van der Waals surface area contributed by atoms with Gasteiger partial charge in [-0.05, 0) is 25.1 Å². The molecule has 3 N–H and O–H groups in total. The minimum absolute atomic E-state index is 0.0878. The third-order valence-electron chi connectivity index (χ3n) is 2.51. The maximum atomic E-state index is 11.7. The van der Waals surface area contributed by atoms with E-state index >= 15 is 0 Å². The van der Waals surface area contributed by atoms with E-state index in [1.165, 1.54) is 0 Å². The Morgan fingerprint density at radius 1 is 1.44 bits per heavy atom. The number of ether oxygens (including phenoxy) is 1. The van der Waals surface area contributed by atoms with Crippen LogP contribution in [0.4, 0.5) is 0 Å². The van der Waals surface area contributed by atoms with Gasteiger partial charge in [0.1, 0.15) is 5.75 Å². The highest BCUT2D eigenvalue weighted by atomic mass is 16.5. The van der Waals surface area contributed by atoms with Crippen LogP contribution in [0.3, 0.4) is 0 Å². The number of ketones is 1. The summed E-state index contributed by atoms with van der Waals surface area (Å²) in [7, 11) is 1.61. The van der Waals surface area contributed by atoms with Gasteiger partial charge in [-0.25, -0.2) is 0 Å². The van der Waals surface area contributed by atoms with Crippen LogP contribution in [0.5, 0.6) is 5.75 Å². The van der Waals surface area contributed by atoms with Crippen molar-refractivity contribution in [3.05, 3.63) is 30.0 Å². The Balaban J connectivity index is 2.47. The number of carbonyl (C=O) groups is 1. The molecule has 1 heterocycles. The van der Waals surface area contributed by atoms with Gasteiger partial charge in [0.15, 0.2) is 5.78 Å². The lowest BCUT2D eigenvalue weighted by Gasteiger charge is -2.00. The van der Waals surface area contributed by atoms with Crippen molar-refractivity contribution in [1.82, 2.24) is 4.98 Å². The molecule has 0 aliphatic rings. The van der Waals surface area contributed by atoms with Gasteiger partial charge in [0.25, 0.3) is 0 Å². The van der Waals surface area contributed by atoms with Crippen LogP contribution in [-0.2, 0) is 0 Å². The molecule has 84 valence electrons. The lowest BCUT2D eigenvalue weighted by molar-refractivity contribution is 0.0964. The Morgan fingerprint density at radius 2 is 2.19 bits per heavy atom. The second kappa shape index (κ2) is 3.98. The van der Waals surface area contributed by atoms with Crippen LogP contribution in [0.1, 0.15) is 17.4 Å². The SMILES string of the molecule is COc1ccc2cc(C(=O)C(C)N)[nH]c2c1. The maximum Gasteiger partial charge on any atom is 0.195 e. The summed E-state index contributed by atoms with van der Waals surface area (Å²) in [5.41, 5.74) is 6.97. The monoisotopic (exact) mass is 218 g/mol. The number of nitrogens with two attached hydrogens (primary N) is 1. The number of hydrogen-bond acceptors (Lipinski definition) is 3. The number of hydrogen-bond donors (Lipinski definition) is 2. The number of methoxy groups -OCH3 is 1. The summed E-state index contributed by atoms with van der Waals surface area (Å²) < 4.78 is 5.11. The Labute approximate surface area is 93.4 Å². The molecule has 1 aromatic carbocycles. The molecule has 2 aromatic rings. The van der Waals surface area contributed by atoms with Crippen LogP contribution in [0, 0.1) is 0 Å². The van der Waals surface area contributed by atoms with Crippen molar-refractivity contribution in [2.24, 2.45) is 5.73 Å². The summed E-state index contributed by atoms with van der Waals surface area (Å²) in [6.07, 6.45) is 0. The molecule has 0 aliphatic heterocycles. The minimum atomic E-state index is -0.491. The zero-order valence-corrected chi connectivity index (χ0v) is 9.28. The molecule has 0 fully saturated rings. The second-order valence-corrected chi connectivity index (χ2v) is 3.79. The van der Waals surface area contributed by atoms with Crippen molar-refractivity contribution in [2.75, 3.05) is 7.11 Å². The summed E-state index contributed by atoms with van der Waals surface area (Å²) in [5, 5.41) is 0.977. The largest absolute Gasteiger partial charge is 0.497 e. The van der Waals surface area contributed by atoms with Gasteiger partial charge < -0.3 is 15.5 Å². The fourth-order valence-corrected chi connectivity index (χ4v) is 1.61. The van der Waals surface area contributed by atoms with Gasteiger partial charge in [-0.2, -0.15) is 0 Å². The van der Waals surface area contributed by atoms with E-state index in [0.717, 1.165) is 16.7 Å². The standard InChI is InChI=1S/C12H14N2O2/c1-7(13)12(15)11-5-8-3-4-9(16-2)6-10(8)14-11/h3-7,14H,13H2,1-2H3. The molecule has 0 spiro atoms. The van der Waals surface area contributed by atoms with Gasteiger partial charge >= 0.3 is 0 Å². The number of rotatable bonds is 3. The van der Waals surface area contributed by atoms with Crippen LogP contribution in [0.2, 0.25) is 0 Å². The van der Waals surface area contributed by atoms with Gasteiger partial charge in [0.05, 0.1) is 18.8 Å². The molecule has 4 heteroatoms. The average Bonchev–Trinajstić information content (AvgIpc) is 2.69. The van der Waals surface area contributed by atoms with Crippen molar-refractivity contribution in [2.45, 2.75) is 13.0 Å². The predicted molar refractivity (Wildman–Crippen MR) is 62.8 cm³/mol. The van der Waals surface area contributed by atoms with Gasteiger partial charge in [-0.1, -0.05) is 0 Å². The number of fused-ring (bicyclic) bond motifs is 1. The summed E-state index contributed by atoms with van der Waals surface area (Å²) >= 11 is 0. The number of nitrogens with one attached hydrogen (secondary N) is 1. The zero-order valence-electron chi connectivity index (χ0n) is 9.28. The molecule has 1 aromatic heterocycles. The van der Waals surface area contributed by atoms with Crippen molar-refractivity contribution >= 4 is 16.7 Å². The third kappa shape index (κ3) is 1.79. The average molecular weight is 218 g/mol. The fourth-order valence-electron chi connectivity index (χ4n) is 1.61. The molecule has 0 radical (unpaired) electrons. The Bertz CT molecular complexity index is 529. The Kier molecular flexibility index (Phi) is 2.66. The first-order valence-corrected chi connectivity index (χ1v) is 5.08. The third-order valence-corrected chi connectivity index (χ3v) is 2.51.